The first-order valence-corrected chi connectivity index (χ1v) is 26.0. The van der Waals surface area contributed by atoms with Crippen LogP contribution in [0.3, 0.4) is 0 Å². The summed E-state index contributed by atoms with van der Waals surface area (Å²) >= 11 is 0. The molecule has 0 amide bonds. The standard InChI is InChI=1S/C31H34FN5O4.C29H30FN5O4.Na/c1-4-41-27(40)19-25(39)18-24(38)15-17-37-29(26-14-16-33-31(35-26)34-23-8-6-5-7-9-23)28(36-30(37)20(2)3)21-10-12-22(32)13-11-21;1-18(2)28-34-26(19-8-10-20(30)11-9-19)27(35(28)15-13-22(36)16-23(37)17-25(38)39)24-12-14-31-29(33-24)32-21-6-4-3-5-7-21;/h5-17,20,24-25,38-39H,4,18-19H2,1-3H3,(H,33,34,35);3-15,18,22-23,36-37H,16-17H2,1-2H3,(H,38,39)(H,31,32,33);/q;;+1/p-1/b17-15+;15-13+;/t24-,25-;22-,23-;/m11./s1. The number of aliphatic carboxylic acids is 1. The van der Waals surface area contributed by atoms with E-state index in [2.05, 4.69) is 20.6 Å². The van der Waals surface area contributed by atoms with Gasteiger partial charge in [-0.05, 0) is 104 Å². The maximum atomic E-state index is 13.8. The van der Waals surface area contributed by atoms with Gasteiger partial charge in [-0.1, -0.05) is 64.1 Å². The molecule has 0 fully saturated rings. The number of aliphatic hydroxyl groups is 4. The first-order chi connectivity index (χ1) is 38.5. The summed E-state index contributed by atoms with van der Waals surface area (Å²) in [5, 5.41) is 58.4. The quantitative estimate of drug-likeness (QED) is 0.0304. The number of imidazole rings is 2. The second kappa shape index (κ2) is 30.1. The zero-order chi connectivity index (χ0) is 57.3. The van der Waals surface area contributed by atoms with E-state index < -0.39 is 42.8 Å². The molecule has 0 radical (unpaired) electrons. The number of para-hydroxylation sites is 2. The van der Waals surface area contributed by atoms with Crippen LogP contribution in [0.5, 0.6) is 0 Å². The molecule has 21 heteroatoms. The summed E-state index contributed by atoms with van der Waals surface area (Å²) in [5.41, 5.74) is 6.42. The van der Waals surface area contributed by atoms with Crippen molar-refractivity contribution >= 4 is 47.6 Å². The topological polar surface area (TPSA) is 259 Å². The predicted octanol–water partition coefficient (Wildman–Crippen LogP) is 6.29. The maximum Gasteiger partial charge on any atom is 1.00 e. The summed E-state index contributed by atoms with van der Waals surface area (Å²) < 4.78 is 36.0. The van der Waals surface area contributed by atoms with Gasteiger partial charge in [0, 0.05) is 84.4 Å². The van der Waals surface area contributed by atoms with Crippen LogP contribution in [0.25, 0.3) is 57.7 Å². The number of benzene rings is 4. The van der Waals surface area contributed by atoms with Crippen molar-refractivity contribution in [2.75, 3.05) is 17.2 Å². The third-order valence-corrected chi connectivity index (χ3v) is 12.1. The normalized spacial score (nSPS) is 12.9. The van der Waals surface area contributed by atoms with Gasteiger partial charge in [0.25, 0.3) is 0 Å². The molecule has 81 heavy (non-hydrogen) atoms. The molecule has 4 aromatic carbocycles. The molecule has 6 N–H and O–H groups in total. The molecule has 0 aliphatic rings. The summed E-state index contributed by atoms with van der Waals surface area (Å²) in [6.07, 6.45) is 3.99. The van der Waals surface area contributed by atoms with E-state index in [1.54, 1.807) is 72.7 Å². The molecule has 0 aliphatic heterocycles. The predicted molar refractivity (Wildman–Crippen MR) is 300 cm³/mol. The Hall–Kier alpha value is -7.82. The minimum Gasteiger partial charge on any atom is -0.550 e. The number of halogens is 2. The Bertz CT molecular complexity index is 3360. The summed E-state index contributed by atoms with van der Waals surface area (Å²) in [4.78, 5) is 50.4. The van der Waals surface area contributed by atoms with Crippen LogP contribution in [0.4, 0.5) is 32.1 Å². The summed E-state index contributed by atoms with van der Waals surface area (Å²) in [7, 11) is 0. The molecule has 18 nitrogen and oxygen atoms in total. The summed E-state index contributed by atoms with van der Waals surface area (Å²) in [6, 6.07) is 34.5. The van der Waals surface area contributed by atoms with Gasteiger partial charge in [-0.25, -0.2) is 38.7 Å². The number of carboxylic acid groups (broad SMARTS) is 1. The van der Waals surface area contributed by atoms with Crippen LogP contribution in [0.1, 0.15) is 83.8 Å². The van der Waals surface area contributed by atoms with Crippen molar-refractivity contribution in [1.29, 1.82) is 0 Å². The van der Waals surface area contributed by atoms with Crippen molar-refractivity contribution in [3.63, 3.8) is 0 Å². The second-order valence-electron chi connectivity index (χ2n) is 19.1. The number of nitrogens with one attached hydrogen (secondary N) is 2. The molecule has 8 rings (SSSR count). The van der Waals surface area contributed by atoms with E-state index in [0.29, 0.717) is 68.8 Å². The van der Waals surface area contributed by atoms with Crippen molar-refractivity contribution in [1.82, 2.24) is 39.0 Å². The molecular formula is C60H63F2N10NaO8. The molecule has 4 heterocycles. The van der Waals surface area contributed by atoms with Gasteiger partial charge >= 0.3 is 35.5 Å². The number of carboxylic acids is 1. The number of aromatic nitrogens is 8. The monoisotopic (exact) mass is 1110 g/mol. The van der Waals surface area contributed by atoms with Gasteiger partial charge in [-0.15, -0.1) is 0 Å². The number of carbonyl (C=O) groups is 2. The van der Waals surface area contributed by atoms with Crippen LogP contribution in [0, 0.1) is 11.6 Å². The number of hydrogen-bond acceptors (Lipinski definition) is 16. The van der Waals surface area contributed by atoms with Gasteiger partial charge in [0.05, 0.1) is 71.6 Å². The molecule has 416 valence electrons. The van der Waals surface area contributed by atoms with E-state index in [0.717, 1.165) is 11.4 Å². The van der Waals surface area contributed by atoms with Gasteiger partial charge in [-0.2, -0.15) is 0 Å². The molecule has 8 aromatic rings. The van der Waals surface area contributed by atoms with Crippen LogP contribution < -0.4 is 45.3 Å². The molecule has 4 aromatic heterocycles. The van der Waals surface area contributed by atoms with Crippen molar-refractivity contribution in [2.24, 2.45) is 0 Å². The van der Waals surface area contributed by atoms with Gasteiger partial charge in [-0.3, -0.25) is 4.79 Å². The maximum absolute atomic E-state index is 13.8. The van der Waals surface area contributed by atoms with E-state index in [-0.39, 0.29) is 78.9 Å². The first kappa shape index (κ1) is 62.4. The van der Waals surface area contributed by atoms with Gasteiger partial charge in [0.1, 0.15) is 23.3 Å². The number of anilines is 4. The van der Waals surface area contributed by atoms with Gasteiger partial charge in [0.15, 0.2) is 0 Å². The third-order valence-electron chi connectivity index (χ3n) is 12.1. The van der Waals surface area contributed by atoms with Crippen molar-refractivity contribution in [3.05, 3.63) is 169 Å². The average Bonchev–Trinajstić information content (AvgIpc) is 4.13. The van der Waals surface area contributed by atoms with Crippen LogP contribution in [-0.4, -0.2) is 102 Å². The van der Waals surface area contributed by atoms with Crippen molar-refractivity contribution in [2.45, 2.75) is 96.6 Å². The number of aliphatic hydroxyl groups excluding tert-OH is 4. The van der Waals surface area contributed by atoms with E-state index in [1.165, 1.54) is 36.4 Å². The molecular weight excluding hydrogens is 1050 g/mol. The largest absolute Gasteiger partial charge is 1.00 e. The molecule has 0 unspecified atom stereocenters. The second-order valence-corrected chi connectivity index (χ2v) is 19.1. The van der Waals surface area contributed by atoms with Gasteiger partial charge < -0.3 is 54.8 Å². The Labute approximate surface area is 490 Å². The Kier molecular flexibility index (Phi) is 23.2. The molecule has 0 bridgehead atoms. The minimum atomic E-state index is -1.40. The smallest absolute Gasteiger partial charge is 0.550 e. The fraction of sp³-hybridized carbons (Fsp3) is 0.267. The number of esters is 1. The molecule has 0 spiro atoms. The summed E-state index contributed by atoms with van der Waals surface area (Å²) in [6.45, 7) is 9.83. The fourth-order valence-corrected chi connectivity index (χ4v) is 8.38. The van der Waals surface area contributed by atoms with Crippen LogP contribution in [-0.2, 0) is 14.3 Å². The average molecular weight is 1110 g/mol. The van der Waals surface area contributed by atoms with E-state index >= 15 is 0 Å². The Morgan fingerprint density at radius 3 is 1.36 bits per heavy atom. The number of rotatable bonds is 23. The fourth-order valence-electron chi connectivity index (χ4n) is 8.38. The molecule has 4 atom stereocenters. The minimum absolute atomic E-state index is 0. The molecule has 0 saturated heterocycles. The first-order valence-electron chi connectivity index (χ1n) is 26.0. The SMILES string of the molecule is CC(C)c1nc(-c2ccc(F)cc2)c(-c2ccnc(Nc3ccccc3)n2)n1/C=C/[C@@H](O)C[C@@H](O)CC(=O)[O-].CCOC(=O)C[C@H](O)C[C@H](O)/C=C/n1c(C(C)C)nc(-c2ccc(F)cc2)c1-c1ccnc(Nc2ccccc2)n1.[Na+]. The van der Waals surface area contributed by atoms with Crippen LogP contribution >= 0.6 is 0 Å². The Morgan fingerprint density at radius 1 is 0.593 bits per heavy atom. The number of ether oxygens (including phenoxy) is 1. The zero-order valence-corrected chi connectivity index (χ0v) is 47.8. The zero-order valence-electron chi connectivity index (χ0n) is 45.8. The summed E-state index contributed by atoms with van der Waals surface area (Å²) in [5.74, 6) is -0.660. The molecule has 0 aliphatic carbocycles. The Morgan fingerprint density at radius 2 is 0.988 bits per heavy atom. The molecule has 0 saturated carbocycles. The third kappa shape index (κ3) is 17.8. The van der Waals surface area contributed by atoms with Crippen LogP contribution in [0.2, 0.25) is 0 Å². The van der Waals surface area contributed by atoms with Crippen molar-refractivity contribution in [3.8, 4) is 45.3 Å². The van der Waals surface area contributed by atoms with E-state index in [9.17, 15) is 43.9 Å². The van der Waals surface area contributed by atoms with E-state index in [4.69, 9.17) is 24.7 Å². The van der Waals surface area contributed by atoms with E-state index in [1.807, 2.05) is 92.9 Å². The number of carbonyl (C=O) groups excluding carboxylic acids is 2. The number of hydrogen-bond donors (Lipinski definition) is 6. The Balaban J connectivity index is 0.000000258. The van der Waals surface area contributed by atoms with Gasteiger partial charge in [0.2, 0.25) is 11.9 Å². The number of nitrogens with zero attached hydrogens (tertiary/aromatic N) is 8. The van der Waals surface area contributed by atoms with Crippen LogP contribution in [0.15, 0.2) is 146 Å². The van der Waals surface area contributed by atoms with Crippen molar-refractivity contribution < 1.29 is 78.2 Å².